The number of carbonyl (C=O) groups is 1. The molecule has 0 spiro atoms. The van der Waals surface area contributed by atoms with Gasteiger partial charge in [0.2, 0.25) is 0 Å². The largest absolute Gasteiger partial charge is 0.493 e. The Kier molecular flexibility index (Phi) is 5.90. The van der Waals surface area contributed by atoms with Gasteiger partial charge in [-0.2, -0.15) is 0 Å². The van der Waals surface area contributed by atoms with Crippen molar-refractivity contribution in [3.63, 3.8) is 0 Å². The van der Waals surface area contributed by atoms with E-state index in [0.29, 0.717) is 28.7 Å². The summed E-state index contributed by atoms with van der Waals surface area (Å²) in [5, 5.41) is 0.641. The fourth-order valence-electron chi connectivity index (χ4n) is 1.86. The number of benzene rings is 2. The molecule has 0 amide bonds. The van der Waals surface area contributed by atoms with Crippen molar-refractivity contribution < 1.29 is 19.0 Å². The fraction of sp³-hybridized carbons (Fsp3) is 0.188. The first-order valence-corrected chi connectivity index (χ1v) is 7.84. The lowest BCUT2D eigenvalue weighted by molar-refractivity contribution is 0.0600. The molecule has 22 heavy (non-hydrogen) atoms. The van der Waals surface area contributed by atoms with E-state index >= 15 is 0 Å². The van der Waals surface area contributed by atoms with Gasteiger partial charge in [-0.25, -0.2) is 4.79 Å². The van der Waals surface area contributed by atoms with Gasteiger partial charge in [-0.3, -0.25) is 0 Å². The Morgan fingerprint density at radius 3 is 2.59 bits per heavy atom. The van der Waals surface area contributed by atoms with Crippen LogP contribution in [0.1, 0.15) is 15.9 Å². The Morgan fingerprint density at radius 1 is 1.23 bits per heavy atom. The maximum atomic E-state index is 11.6. The van der Waals surface area contributed by atoms with E-state index in [-0.39, 0.29) is 0 Å². The van der Waals surface area contributed by atoms with Crippen LogP contribution in [0.15, 0.2) is 36.4 Å². The third-order valence-corrected chi connectivity index (χ3v) is 4.15. The molecule has 0 atom stereocenters. The number of hydrogen-bond donors (Lipinski definition) is 0. The lowest BCUT2D eigenvalue weighted by Gasteiger charge is -2.14. The van der Waals surface area contributed by atoms with E-state index in [1.165, 1.54) is 14.2 Å². The van der Waals surface area contributed by atoms with Gasteiger partial charge in [0, 0.05) is 10.6 Å². The van der Waals surface area contributed by atoms with Crippen molar-refractivity contribution in [1.29, 1.82) is 0 Å². The van der Waals surface area contributed by atoms with E-state index < -0.39 is 5.97 Å². The molecule has 2 rings (SSSR count). The Hall–Kier alpha value is -1.47. The van der Waals surface area contributed by atoms with Crippen LogP contribution in [-0.4, -0.2) is 20.2 Å². The first kappa shape index (κ1) is 16.9. The van der Waals surface area contributed by atoms with Crippen LogP contribution in [0.3, 0.4) is 0 Å². The Bertz CT molecular complexity index is 688. The summed E-state index contributed by atoms with van der Waals surface area (Å²) < 4.78 is 16.6. The molecule has 116 valence electrons. The molecule has 2 aromatic carbocycles. The molecule has 0 heterocycles. The van der Waals surface area contributed by atoms with Gasteiger partial charge >= 0.3 is 5.97 Å². The average molecular weight is 433 g/mol. The van der Waals surface area contributed by atoms with Gasteiger partial charge in [-0.1, -0.05) is 29.8 Å². The number of rotatable bonds is 5. The molecular weight excluding hydrogens is 419 g/mol. The normalized spacial score (nSPS) is 10.2. The predicted molar refractivity (Wildman–Crippen MR) is 92.8 cm³/mol. The zero-order chi connectivity index (χ0) is 16.1. The molecule has 0 aliphatic rings. The van der Waals surface area contributed by atoms with E-state index in [9.17, 15) is 4.79 Å². The lowest BCUT2D eigenvalue weighted by Crippen LogP contribution is -2.05. The van der Waals surface area contributed by atoms with Crippen molar-refractivity contribution in [3.05, 3.63) is 56.1 Å². The van der Waals surface area contributed by atoms with Gasteiger partial charge < -0.3 is 14.2 Å². The van der Waals surface area contributed by atoms with Gasteiger partial charge in [0.1, 0.15) is 6.61 Å². The lowest BCUT2D eigenvalue weighted by atomic mass is 10.2. The topological polar surface area (TPSA) is 44.8 Å². The summed E-state index contributed by atoms with van der Waals surface area (Å²) in [5.41, 5.74) is 1.29. The molecule has 0 unspecified atom stereocenters. The van der Waals surface area contributed by atoms with Crippen LogP contribution in [-0.2, 0) is 11.3 Å². The smallest absolute Gasteiger partial charge is 0.338 e. The molecule has 0 aromatic heterocycles. The molecule has 0 saturated heterocycles. The van der Waals surface area contributed by atoms with Crippen LogP contribution in [0.5, 0.6) is 11.5 Å². The molecule has 0 radical (unpaired) electrons. The second-order valence-corrected chi connectivity index (χ2v) is 5.93. The second kappa shape index (κ2) is 7.69. The van der Waals surface area contributed by atoms with Gasteiger partial charge in [-0.05, 0) is 40.8 Å². The SMILES string of the molecule is COC(=O)c1cc(I)c(OCc2ccccc2Cl)c(OC)c1. The minimum atomic E-state index is -0.422. The van der Waals surface area contributed by atoms with Crippen molar-refractivity contribution in [2.45, 2.75) is 6.61 Å². The first-order chi connectivity index (χ1) is 10.6. The summed E-state index contributed by atoms with van der Waals surface area (Å²) in [4.78, 5) is 11.6. The standard InChI is InChI=1S/C16H14ClIO4/c1-20-14-8-11(16(19)21-2)7-13(18)15(14)22-9-10-5-3-4-6-12(10)17/h3-8H,9H2,1-2H3. The third kappa shape index (κ3) is 3.84. The van der Waals surface area contributed by atoms with Crippen molar-refractivity contribution in [3.8, 4) is 11.5 Å². The highest BCUT2D eigenvalue weighted by atomic mass is 127. The van der Waals surface area contributed by atoms with Gasteiger partial charge in [-0.15, -0.1) is 0 Å². The molecule has 6 heteroatoms. The Labute approximate surface area is 147 Å². The van der Waals surface area contributed by atoms with E-state index in [0.717, 1.165) is 9.13 Å². The number of esters is 1. The van der Waals surface area contributed by atoms with Crippen LogP contribution < -0.4 is 9.47 Å². The average Bonchev–Trinajstić information content (AvgIpc) is 2.53. The zero-order valence-electron chi connectivity index (χ0n) is 12.1. The van der Waals surface area contributed by atoms with Gasteiger partial charge in [0.05, 0.1) is 23.4 Å². The highest BCUT2D eigenvalue weighted by Gasteiger charge is 2.16. The molecule has 0 saturated carbocycles. The fourth-order valence-corrected chi connectivity index (χ4v) is 2.81. The van der Waals surface area contributed by atoms with Crippen LogP contribution >= 0.6 is 34.2 Å². The van der Waals surface area contributed by atoms with Crippen LogP contribution in [0.25, 0.3) is 0 Å². The highest BCUT2D eigenvalue weighted by molar-refractivity contribution is 14.1. The molecule has 0 bridgehead atoms. The summed E-state index contributed by atoms with van der Waals surface area (Å²) >= 11 is 8.21. The third-order valence-electron chi connectivity index (χ3n) is 2.98. The molecular formula is C16H14ClIO4. The summed E-state index contributed by atoms with van der Waals surface area (Å²) in [6.45, 7) is 0.309. The summed E-state index contributed by atoms with van der Waals surface area (Å²) in [5.74, 6) is 0.615. The van der Waals surface area contributed by atoms with Crippen molar-refractivity contribution in [2.75, 3.05) is 14.2 Å². The number of carbonyl (C=O) groups excluding carboxylic acids is 1. The zero-order valence-corrected chi connectivity index (χ0v) is 15.0. The number of ether oxygens (including phenoxy) is 3. The van der Waals surface area contributed by atoms with Crippen molar-refractivity contribution in [1.82, 2.24) is 0 Å². The number of methoxy groups -OCH3 is 2. The first-order valence-electron chi connectivity index (χ1n) is 6.39. The summed E-state index contributed by atoms with van der Waals surface area (Å²) in [6.07, 6.45) is 0. The maximum Gasteiger partial charge on any atom is 0.338 e. The molecule has 4 nitrogen and oxygen atoms in total. The molecule has 0 N–H and O–H groups in total. The predicted octanol–water partition coefficient (Wildman–Crippen LogP) is 4.32. The number of hydrogen-bond acceptors (Lipinski definition) is 4. The van der Waals surface area contributed by atoms with Crippen LogP contribution in [0, 0.1) is 3.57 Å². The quantitative estimate of drug-likeness (QED) is 0.521. The van der Waals surface area contributed by atoms with E-state index in [1.54, 1.807) is 12.1 Å². The maximum absolute atomic E-state index is 11.6. The second-order valence-electron chi connectivity index (χ2n) is 4.36. The van der Waals surface area contributed by atoms with Crippen LogP contribution in [0.4, 0.5) is 0 Å². The van der Waals surface area contributed by atoms with Gasteiger partial charge in [0.25, 0.3) is 0 Å². The number of halogens is 2. The highest BCUT2D eigenvalue weighted by Crippen LogP contribution is 2.35. The van der Waals surface area contributed by atoms with Crippen LogP contribution in [0.2, 0.25) is 5.02 Å². The minimum absolute atomic E-state index is 0.309. The van der Waals surface area contributed by atoms with Crippen molar-refractivity contribution in [2.24, 2.45) is 0 Å². The summed E-state index contributed by atoms with van der Waals surface area (Å²) in [6, 6.07) is 10.7. The molecule has 2 aromatic rings. The Balaban J connectivity index is 2.27. The summed E-state index contributed by atoms with van der Waals surface area (Å²) in [7, 11) is 2.86. The molecule has 0 aliphatic heterocycles. The van der Waals surface area contributed by atoms with E-state index in [4.69, 9.17) is 25.8 Å². The van der Waals surface area contributed by atoms with Crippen molar-refractivity contribution >= 4 is 40.2 Å². The van der Waals surface area contributed by atoms with E-state index in [2.05, 4.69) is 22.6 Å². The monoisotopic (exact) mass is 432 g/mol. The molecule has 0 aliphatic carbocycles. The molecule has 0 fully saturated rings. The minimum Gasteiger partial charge on any atom is -0.493 e. The van der Waals surface area contributed by atoms with Gasteiger partial charge in [0.15, 0.2) is 11.5 Å². The van der Waals surface area contributed by atoms with E-state index in [1.807, 2.05) is 24.3 Å². The Morgan fingerprint density at radius 2 is 1.95 bits per heavy atom.